The van der Waals surface area contributed by atoms with Crippen molar-refractivity contribution in [3.63, 3.8) is 0 Å². The van der Waals surface area contributed by atoms with Crippen molar-refractivity contribution < 1.29 is 23.9 Å². The summed E-state index contributed by atoms with van der Waals surface area (Å²) in [4.78, 5) is 49.5. The average Bonchev–Trinajstić information content (AvgIpc) is 3.63. The Balaban J connectivity index is 1.28. The van der Waals surface area contributed by atoms with Crippen LogP contribution in [0.4, 0.5) is 10.5 Å². The summed E-state index contributed by atoms with van der Waals surface area (Å²) in [6.45, 7) is 3.68. The maximum atomic E-state index is 12.2. The second-order valence-electron chi connectivity index (χ2n) is 8.23. The number of benzene rings is 1. The highest BCUT2D eigenvalue weighted by molar-refractivity contribution is 5.96. The van der Waals surface area contributed by atoms with E-state index >= 15 is 0 Å². The van der Waals surface area contributed by atoms with Gasteiger partial charge in [-0.3, -0.25) is 14.4 Å². The summed E-state index contributed by atoms with van der Waals surface area (Å²) in [5.74, 6) is -0.0981. The van der Waals surface area contributed by atoms with E-state index in [0.29, 0.717) is 63.2 Å². The van der Waals surface area contributed by atoms with Crippen molar-refractivity contribution in [1.29, 1.82) is 0 Å². The summed E-state index contributed by atoms with van der Waals surface area (Å²) < 4.78 is 4.99. The molecule has 4 amide bonds. The van der Waals surface area contributed by atoms with E-state index < -0.39 is 0 Å². The molecule has 0 bridgehead atoms. The molecule has 1 heterocycles. The van der Waals surface area contributed by atoms with Gasteiger partial charge < -0.3 is 25.6 Å². The van der Waals surface area contributed by atoms with Gasteiger partial charge in [0.05, 0.1) is 6.61 Å². The van der Waals surface area contributed by atoms with E-state index in [2.05, 4.69) is 16.0 Å². The van der Waals surface area contributed by atoms with Crippen LogP contribution in [0.3, 0.4) is 0 Å². The van der Waals surface area contributed by atoms with E-state index in [1.165, 1.54) is 0 Å². The monoisotopic (exact) mass is 444 g/mol. The zero-order valence-corrected chi connectivity index (χ0v) is 18.5. The minimum Gasteiger partial charge on any atom is -0.450 e. The van der Waals surface area contributed by atoms with E-state index in [1.54, 1.807) is 36.1 Å². The lowest BCUT2D eigenvalue weighted by molar-refractivity contribution is -0.122. The molecule has 0 unspecified atom stereocenters. The molecule has 0 aromatic heterocycles. The molecule has 1 saturated heterocycles. The molecule has 9 nitrogen and oxygen atoms in total. The number of likely N-dealkylation sites (tertiary alicyclic amines) is 1. The largest absolute Gasteiger partial charge is 0.450 e. The van der Waals surface area contributed by atoms with Crippen molar-refractivity contribution in [2.75, 3.05) is 31.6 Å². The molecule has 1 aromatic rings. The molecule has 2 fully saturated rings. The van der Waals surface area contributed by atoms with Gasteiger partial charge in [0, 0.05) is 49.3 Å². The molecule has 9 heteroatoms. The Morgan fingerprint density at radius 1 is 1.03 bits per heavy atom. The summed E-state index contributed by atoms with van der Waals surface area (Å²) >= 11 is 0. The highest BCUT2D eigenvalue weighted by Gasteiger charge is 2.29. The molecule has 32 heavy (non-hydrogen) atoms. The van der Waals surface area contributed by atoms with Gasteiger partial charge in [-0.2, -0.15) is 0 Å². The van der Waals surface area contributed by atoms with Crippen molar-refractivity contribution in [1.82, 2.24) is 15.5 Å². The van der Waals surface area contributed by atoms with Crippen molar-refractivity contribution in [3.05, 3.63) is 29.8 Å². The van der Waals surface area contributed by atoms with Crippen LogP contribution in [0.15, 0.2) is 24.3 Å². The number of hydrogen-bond acceptors (Lipinski definition) is 5. The molecule has 3 rings (SSSR count). The molecule has 0 radical (unpaired) electrons. The Bertz CT molecular complexity index is 814. The van der Waals surface area contributed by atoms with Crippen LogP contribution in [0.1, 0.15) is 55.8 Å². The van der Waals surface area contributed by atoms with Gasteiger partial charge in [0.15, 0.2) is 0 Å². The number of rotatable bonds is 9. The summed E-state index contributed by atoms with van der Waals surface area (Å²) in [5.41, 5.74) is 1.19. The van der Waals surface area contributed by atoms with Crippen molar-refractivity contribution in [3.8, 4) is 0 Å². The number of amides is 4. The predicted molar refractivity (Wildman–Crippen MR) is 119 cm³/mol. The molecule has 0 spiro atoms. The second kappa shape index (κ2) is 11.5. The van der Waals surface area contributed by atoms with Crippen LogP contribution in [0.25, 0.3) is 0 Å². The van der Waals surface area contributed by atoms with Crippen LogP contribution in [0.2, 0.25) is 0 Å². The van der Waals surface area contributed by atoms with Crippen molar-refractivity contribution in [2.45, 2.75) is 51.5 Å². The van der Waals surface area contributed by atoms with Crippen LogP contribution in [-0.2, 0) is 14.3 Å². The Morgan fingerprint density at radius 3 is 2.34 bits per heavy atom. The molecular weight excluding hydrogens is 412 g/mol. The van der Waals surface area contributed by atoms with E-state index in [-0.39, 0.29) is 35.8 Å². The zero-order chi connectivity index (χ0) is 22.9. The molecule has 1 saturated carbocycles. The van der Waals surface area contributed by atoms with Gasteiger partial charge in [-0.05, 0) is 63.3 Å². The number of nitrogens with one attached hydrogen (secondary N) is 3. The number of anilines is 1. The maximum Gasteiger partial charge on any atom is 0.409 e. The molecule has 0 atom stereocenters. The fourth-order valence-electron chi connectivity index (χ4n) is 3.57. The number of piperidine rings is 1. The first-order valence-electron chi connectivity index (χ1n) is 11.4. The lowest BCUT2D eigenvalue weighted by atomic mass is 10.1. The number of carbonyl (C=O) groups excluding carboxylic acids is 4. The van der Waals surface area contributed by atoms with Gasteiger partial charge in [-0.1, -0.05) is 0 Å². The SMILES string of the molecule is CCOC(=O)N1CCC(NC(=O)CCCNC(=O)c2ccc(NC(=O)C3CC3)cc2)CC1. The molecule has 1 aliphatic heterocycles. The summed E-state index contributed by atoms with van der Waals surface area (Å²) in [7, 11) is 0. The number of nitrogens with zero attached hydrogens (tertiary/aromatic N) is 1. The van der Waals surface area contributed by atoms with E-state index in [4.69, 9.17) is 4.74 Å². The predicted octanol–water partition coefficient (Wildman–Crippen LogP) is 2.28. The minimum atomic E-state index is -0.300. The van der Waals surface area contributed by atoms with Gasteiger partial charge >= 0.3 is 6.09 Å². The minimum absolute atomic E-state index is 0.0324. The third-order valence-corrected chi connectivity index (χ3v) is 5.62. The van der Waals surface area contributed by atoms with Gasteiger partial charge in [-0.25, -0.2) is 4.79 Å². The molecule has 3 N–H and O–H groups in total. The first-order chi connectivity index (χ1) is 15.5. The standard InChI is InChI=1S/C23H32N4O5/c1-2-32-23(31)27-14-11-19(12-15-27)25-20(28)4-3-13-24-21(29)16-7-9-18(10-8-16)26-22(30)17-5-6-17/h7-10,17,19H,2-6,11-15H2,1H3,(H,24,29)(H,25,28)(H,26,30). The molecule has 174 valence electrons. The zero-order valence-electron chi connectivity index (χ0n) is 18.5. The molecule has 1 aliphatic carbocycles. The highest BCUT2D eigenvalue weighted by Crippen LogP contribution is 2.30. The number of carbonyl (C=O) groups is 4. The lowest BCUT2D eigenvalue weighted by Crippen LogP contribution is -2.46. The first-order valence-corrected chi connectivity index (χ1v) is 11.4. The molecule has 2 aliphatic rings. The van der Waals surface area contributed by atoms with Crippen LogP contribution in [-0.4, -0.2) is 61.0 Å². The first kappa shape index (κ1) is 23.6. The average molecular weight is 445 g/mol. The third kappa shape index (κ3) is 7.25. The Morgan fingerprint density at radius 2 is 1.72 bits per heavy atom. The quantitative estimate of drug-likeness (QED) is 0.505. The van der Waals surface area contributed by atoms with Crippen LogP contribution < -0.4 is 16.0 Å². The van der Waals surface area contributed by atoms with Crippen LogP contribution in [0, 0.1) is 5.92 Å². The number of hydrogen-bond donors (Lipinski definition) is 3. The van der Waals surface area contributed by atoms with Crippen LogP contribution >= 0.6 is 0 Å². The Kier molecular flexibility index (Phi) is 8.47. The third-order valence-electron chi connectivity index (χ3n) is 5.62. The smallest absolute Gasteiger partial charge is 0.409 e. The highest BCUT2D eigenvalue weighted by atomic mass is 16.6. The maximum absolute atomic E-state index is 12.2. The van der Waals surface area contributed by atoms with Gasteiger partial charge in [0.25, 0.3) is 5.91 Å². The number of ether oxygens (including phenoxy) is 1. The van der Waals surface area contributed by atoms with Gasteiger partial charge in [0.1, 0.15) is 0 Å². The summed E-state index contributed by atoms with van der Waals surface area (Å²) in [5, 5.41) is 8.65. The normalized spacial score (nSPS) is 16.2. The lowest BCUT2D eigenvalue weighted by Gasteiger charge is -2.31. The van der Waals surface area contributed by atoms with Gasteiger partial charge in [-0.15, -0.1) is 0 Å². The second-order valence-corrected chi connectivity index (χ2v) is 8.23. The topological polar surface area (TPSA) is 117 Å². The summed E-state index contributed by atoms with van der Waals surface area (Å²) in [6.07, 6.45) is 3.86. The summed E-state index contributed by atoms with van der Waals surface area (Å²) in [6, 6.07) is 6.84. The Hall–Kier alpha value is -3.10. The van der Waals surface area contributed by atoms with Gasteiger partial charge in [0.2, 0.25) is 11.8 Å². The van der Waals surface area contributed by atoms with E-state index in [1.807, 2.05) is 0 Å². The fraction of sp³-hybridized carbons (Fsp3) is 0.565. The van der Waals surface area contributed by atoms with Crippen molar-refractivity contribution >= 4 is 29.5 Å². The van der Waals surface area contributed by atoms with Crippen molar-refractivity contribution in [2.24, 2.45) is 5.92 Å². The van der Waals surface area contributed by atoms with E-state index in [9.17, 15) is 19.2 Å². The van der Waals surface area contributed by atoms with Crippen LogP contribution in [0.5, 0.6) is 0 Å². The van der Waals surface area contributed by atoms with E-state index in [0.717, 1.165) is 12.8 Å². The molecule has 1 aromatic carbocycles. The Labute approximate surface area is 188 Å². The fourth-order valence-corrected chi connectivity index (χ4v) is 3.57. The molecular formula is C23H32N4O5.